The molecule has 0 aliphatic carbocycles. The summed E-state index contributed by atoms with van der Waals surface area (Å²) >= 11 is 0. The molecular formula is C13H12N4O4. The summed E-state index contributed by atoms with van der Waals surface area (Å²) in [5, 5.41) is 10.3. The Labute approximate surface area is 118 Å². The van der Waals surface area contributed by atoms with Crippen molar-refractivity contribution in [3.8, 4) is 5.75 Å². The lowest BCUT2D eigenvalue weighted by atomic mass is 10.1. The second-order valence-corrected chi connectivity index (χ2v) is 4.66. The fourth-order valence-corrected chi connectivity index (χ4v) is 2.34. The van der Waals surface area contributed by atoms with Gasteiger partial charge in [0, 0.05) is 6.42 Å². The Bertz CT molecular complexity index is 798. The van der Waals surface area contributed by atoms with Crippen molar-refractivity contribution < 1.29 is 14.3 Å². The summed E-state index contributed by atoms with van der Waals surface area (Å²) in [7, 11) is 1.47. The van der Waals surface area contributed by atoms with Gasteiger partial charge in [-0.2, -0.15) is 4.68 Å². The first kappa shape index (κ1) is 13.2. The van der Waals surface area contributed by atoms with Crippen LogP contribution in [0, 0.1) is 0 Å². The number of ether oxygens (including phenoxy) is 1. The highest BCUT2D eigenvalue weighted by Gasteiger charge is 2.30. The average Bonchev–Trinajstić information content (AvgIpc) is 2.48. The molecule has 2 heterocycles. The lowest BCUT2D eigenvalue weighted by Gasteiger charge is -2.21. The van der Waals surface area contributed by atoms with Gasteiger partial charge in [-0.3, -0.25) is 19.7 Å². The van der Waals surface area contributed by atoms with E-state index in [-0.39, 0.29) is 18.7 Å². The van der Waals surface area contributed by atoms with Crippen LogP contribution in [0.1, 0.15) is 18.9 Å². The van der Waals surface area contributed by atoms with Gasteiger partial charge in [-0.1, -0.05) is 11.3 Å². The molecule has 0 saturated carbocycles. The zero-order valence-electron chi connectivity index (χ0n) is 11.2. The Kier molecular flexibility index (Phi) is 3.13. The van der Waals surface area contributed by atoms with Crippen LogP contribution in [-0.2, 0) is 9.59 Å². The smallest absolute Gasteiger partial charge is 0.278 e. The van der Waals surface area contributed by atoms with E-state index in [9.17, 15) is 14.4 Å². The predicted octanol–water partition coefficient (Wildman–Crippen LogP) is -0.222. The molecule has 108 valence electrons. The van der Waals surface area contributed by atoms with Crippen molar-refractivity contribution in [1.82, 2.24) is 20.3 Å². The van der Waals surface area contributed by atoms with Crippen LogP contribution in [0.4, 0.5) is 0 Å². The summed E-state index contributed by atoms with van der Waals surface area (Å²) in [6.07, 6.45) is 0.398. The van der Waals surface area contributed by atoms with Gasteiger partial charge in [-0.15, -0.1) is 5.10 Å². The number of nitrogens with one attached hydrogen (secondary N) is 1. The molecule has 1 unspecified atom stereocenters. The molecule has 1 atom stereocenters. The minimum atomic E-state index is -0.821. The number of hydrogen-bond acceptors (Lipinski definition) is 6. The molecule has 1 saturated heterocycles. The average molecular weight is 288 g/mol. The Morgan fingerprint density at radius 2 is 2.14 bits per heavy atom. The number of benzene rings is 1. The number of hydrogen-bond donors (Lipinski definition) is 1. The van der Waals surface area contributed by atoms with Gasteiger partial charge >= 0.3 is 0 Å². The van der Waals surface area contributed by atoms with Crippen molar-refractivity contribution in [1.29, 1.82) is 0 Å². The van der Waals surface area contributed by atoms with Crippen molar-refractivity contribution in [2.75, 3.05) is 7.11 Å². The van der Waals surface area contributed by atoms with Crippen LogP contribution in [0.25, 0.3) is 10.9 Å². The molecule has 8 heteroatoms. The number of aromatic nitrogens is 3. The van der Waals surface area contributed by atoms with Crippen LogP contribution in [0.15, 0.2) is 23.0 Å². The molecule has 1 N–H and O–H groups in total. The summed E-state index contributed by atoms with van der Waals surface area (Å²) < 4.78 is 6.15. The van der Waals surface area contributed by atoms with Crippen molar-refractivity contribution in [3.63, 3.8) is 0 Å². The quantitative estimate of drug-likeness (QED) is 0.766. The van der Waals surface area contributed by atoms with E-state index in [1.165, 1.54) is 7.11 Å². The number of rotatable bonds is 2. The first-order valence-corrected chi connectivity index (χ1v) is 6.37. The van der Waals surface area contributed by atoms with Crippen LogP contribution in [0.2, 0.25) is 0 Å². The van der Waals surface area contributed by atoms with Crippen LogP contribution < -0.4 is 15.6 Å². The molecule has 1 fully saturated rings. The van der Waals surface area contributed by atoms with Gasteiger partial charge in [-0.25, -0.2) is 0 Å². The normalized spacial score (nSPS) is 18.6. The molecule has 21 heavy (non-hydrogen) atoms. The van der Waals surface area contributed by atoms with E-state index >= 15 is 0 Å². The molecular weight excluding hydrogens is 276 g/mol. The zero-order chi connectivity index (χ0) is 15.0. The zero-order valence-corrected chi connectivity index (χ0v) is 11.2. The second kappa shape index (κ2) is 4.97. The summed E-state index contributed by atoms with van der Waals surface area (Å²) in [6, 6.07) is 4.11. The highest BCUT2D eigenvalue weighted by molar-refractivity contribution is 5.99. The van der Waals surface area contributed by atoms with E-state index in [0.29, 0.717) is 16.7 Å². The van der Waals surface area contributed by atoms with Gasteiger partial charge in [0.1, 0.15) is 17.3 Å². The van der Waals surface area contributed by atoms with Gasteiger partial charge in [0.05, 0.1) is 12.5 Å². The molecule has 1 aromatic carbocycles. The van der Waals surface area contributed by atoms with Crippen LogP contribution in [-0.4, -0.2) is 33.9 Å². The number of carbonyl (C=O) groups is 2. The van der Waals surface area contributed by atoms with E-state index < -0.39 is 17.5 Å². The first-order valence-electron chi connectivity index (χ1n) is 6.37. The molecule has 2 amide bonds. The number of imide groups is 1. The fourth-order valence-electron chi connectivity index (χ4n) is 2.34. The lowest BCUT2D eigenvalue weighted by molar-refractivity contribution is -0.136. The number of fused-ring (bicyclic) bond motifs is 1. The third-order valence-electron chi connectivity index (χ3n) is 3.40. The maximum Gasteiger partial charge on any atom is 0.278 e. The third kappa shape index (κ3) is 2.14. The third-order valence-corrected chi connectivity index (χ3v) is 3.40. The first-order chi connectivity index (χ1) is 10.1. The predicted molar refractivity (Wildman–Crippen MR) is 71.8 cm³/mol. The van der Waals surface area contributed by atoms with E-state index in [2.05, 4.69) is 15.6 Å². The highest BCUT2D eigenvalue weighted by atomic mass is 16.5. The van der Waals surface area contributed by atoms with E-state index in [0.717, 1.165) is 4.68 Å². The van der Waals surface area contributed by atoms with Gasteiger partial charge in [-0.05, 0) is 18.6 Å². The monoisotopic (exact) mass is 288 g/mol. The van der Waals surface area contributed by atoms with Gasteiger partial charge in [0.2, 0.25) is 5.91 Å². The van der Waals surface area contributed by atoms with Crippen LogP contribution in [0.5, 0.6) is 5.75 Å². The molecule has 1 aliphatic rings. The Morgan fingerprint density at radius 1 is 1.33 bits per heavy atom. The van der Waals surface area contributed by atoms with E-state index in [4.69, 9.17) is 4.74 Å². The maximum atomic E-state index is 12.5. The summed E-state index contributed by atoms with van der Waals surface area (Å²) in [5.41, 5.74) is -0.0954. The maximum absolute atomic E-state index is 12.5. The van der Waals surface area contributed by atoms with Crippen molar-refractivity contribution in [2.24, 2.45) is 0 Å². The molecule has 0 bridgehead atoms. The fraction of sp³-hybridized carbons (Fsp3) is 0.308. The summed E-state index contributed by atoms with van der Waals surface area (Å²) in [5.74, 6) is -0.447. The molecule has 0 radical (unpaired) electrons. The molecule has 1 aliphatic heterocycles. The molecule has 2 aromatic rings. The van der Waals surface area contributed by atoms with Crippen molar-refractivity contribution >= 4 is 22.7 Å². The minimum Gasteiger partial charge on any atom is -0.494 e. The molecule has 8 nitrogen and oxygen atoms in total. The van der Waals surface area contributed by atoms with Gasteiger partial charge in [0.25, 0.3) is 11.5 Å². The SMILES string of the molecule is COc1cccc2c(=O)n(C3CCC(=O)NC3=O)nnc12. The molecule has 0 spiro atoms. The van der Waals surface area contributed by atoms with E-state index in [1.54, 1.807) is 18.2 Å². The van der Waals surface area contributed by atoms with Crippen molar-refractivity contribution in [2.45, 2.75) is 18.9 Å². The van der Waals surface area contributed by atoms with Gasteiger partial charge in [0.15, 0.2) is 0 Å². The van der Waals surface area contributed by atoms with E-state index in [1.807, 2.05) is 0 Å². The topological polar surface area (TPSA) is 103 Å². The minimum absolute atomic E-state index is 0.167. The molecule has 3 rings (SSSR count). The van der Waals surface area contributed by atoms with Crippen LogP contribution in [0.3, 0.4) is 0 Å². The summed E-state index contributed by atoms with van der Waals surface area (Å²) in [4.78, 5) is 35.5. The van der Waals surface area contributed by atoms with Crippen LogP contribution >= 0.6 is 0 Å². The van der Waals surface area contributed by atoms with Crippen molar-refractivity contribution in [3.05, 3.63) is 28.6 Å². The Morgan fingerprint density at radius 3 is 2.86 bits per heavy atom. The lowest BCUT2D eigenvalue weighted by Crippen LogP contribution is -2.45. The van der Waals surface area contributed by atoms with Gasteiger partial charge < -0.3 is 4.74 Å². The number of nitrogens with zero attached hydrogens (tertiary/aromatic N) is 3. The largest absolute Gasteiger partial charge is 0.494 e. The number of piperidine rings is 1. The molecule has 1 aromatic heterocycles. The summed E-state index contributed by atoms with van der Waals surface area (Å²) in [6.45, 7) is 0. The number of amides is 2. The number of methoxy groups -OCH3 is 1. The second-order valence-electron chi connectivity index (χ2n) is 4.66. The highest BCUT2D eigenvalue weighted by Crippen LogP contribution is 2.21. The Balaban J connectivity index is 2.13. The standard InChI is InChI=1S/C13H12N4O4/c1-21-9-4-2-3-7-11(9)15-16-17(13(7)20)8-5-6-10(18)14-12(8)19/h2-4,8H,5-6H2,1H3,(H,14,18,19). The number of carbonyl (C=O) groups excluding carboxylic acids is 2. The Hall–Kier alpha value is -2.77.